The van der Waals surface area contributed by atoms with E-state index in [0.717, 1.165) is 24.2 Å². The number of nitrogens with zero attached hydrogens (tertiary/aromatic N) is 5. The van der Waals surface area contributed by atoms with Gasteiger partial charge in [-0.1, -0.05) is 29.8 Å². The van der Waals surface area contributed by atoms with Gasteiger partial charge in [0, 0.05) is 19.0 Å². The van der Waals surface area contributed by atoms with Crippen LogP contribution < -0.4 is 10.2 Å². The van der Waals surface area contributed by atoms with E-state index in [1.54, 1.807) is 28.8 Å². The second-order valence-corrected chi connectivity index (χ2v) is 7.64. The van der Waals surface area contributed by atoms with Crippen LogP contribution in [-0.4, -0.2) is 52.1 Å². The number of benzene rings is 1. The molecular formula is C21H21ClN6O3. The third-order valence-electron chi connectivity index (χ3n) is 4.73. The highest BCUT2D eigenvalue weighted by Gasteiger charge is 2.28. The minimum Gasteiger partial charge on any atom is -0.454 e. The number of para-hydroxylation sites is 1. The Bertz CT molecular complexity index is 1070. The SMILES string of the molecule is CN(CC(=O)OCC(=O)Nc1cc(C2CC2)nn1-c1ccccc1)c1ccc(Cl)nn1. The number of anilines is 2. The summed E-state index contributed by atoms with van der Waals surface area (Å²) in [6.45, 7) is -0.491. The summed E-state index contributed by atoms with van der Waals surface area (Å²) >= 11 is 5.71. The molecule has 1 aliphatic carbocycles. The quantitative estimate of drug-likeness (QED) is 0.537. The first-order valence-electron chi connectivity index (χ1n) is 9.81. The van der Waals surface area contributed by atoms with E-state index < -0.39 is 18.5 Å². The van der Waals surface area contributed by atoms with Crippen LogP contribution in [0.1, 0.15) is 24.5 Å². The van der Waals surface area contributed by atoms with E-state index in [1.165, 1.54) is 0 Å². The Morgan fingerprint density at radius 3 is 2.65 bits per heavy atom. The van der Waals surface area contributed by atoms with Crippen LogP contribution in [0.3, 0.4) is 0 Å². The number of esters is 1. The van der Waals surface area contributed by atoms with Gasteiger partial charge in [-0.25, -0.2) is 4.68 Å². The van der Waals surface area contributed by atoms with Gasteiger partial charge in [0.2, 0.25) is 0 Å². The number of halogens is 1. The Morgan fingerprint density at radius 1 is 1.19 bits per heavy atom. The van der Waals surface area contributed by atoms with Gasteiger partial charge < -0.3 is 15.0 Å². The highest BCUT2D eigenvalue weighted by Crippen LogP contribution is 2.40. The summed E-state index contributed by atoms with van der Waals surface area (Å²) in [5.74, 6) is 0.434. The Hall–Kier alpha value is -3.46. The standard InChI is InChI=1S/C21H21ClN6O3/c1-27(18-10-9-17(22)24-25-18)12-21(30)31-13-20(29)23-19-11-16(14-7-8-14)26-28(19)15-5-3-2-4-6-15/h2-6,9-11,14H,7-8,12-13H2,1H3,(H,23,29). The summed E-state index contributed by atoms with van der Waals surface area (Å²) in [6, 6.07) is 14.6. The average molecular weight is 441 g/mol. The number of carbonyl (C=O) groups is 2. The summed E-state index contributed by atoms with van der Waals surface area (Å²) in [6.07, 6.45) is 2.20. The van der Waals surface area contributed by atoms with Crippen LogP contribution in [0, 0.1) is 0 Å². The third-order valence-corrected chi connectivity index (χ3v) is 4.93. The van der Waals surface area contributed by atoms with Crippen LogP contribution in [0.25, 0.3) is 5.69 Å². The molecule has 4 rings (SSSR count). The number of aromatic nitrogens is 4. The highest BCUT2D eigenvalue weighted by molar-refractivity contribution is 6.29. The zero-order valence-corrected chi connectivity index (χ0v) is 17.6. The molecule has 2 heterocycles. The zero-order chi connectivity index (χ0) is 21.8. The van der Waals surface area contributed by atoms with E-state index in [4.69, 9.17) is 16.3 Å². The van der Waals surface area contributed by atoms with Gasteiger partial charge in [0.15, 0.2) is 17.6 Å². The van der Waals surface area contributed by atoms with Crippen LogP contribution in [0.2, 0.25) is 5.15 Å². The van der Waals surface area contributed by atoms with Crippen molar-refractivity contribution in [1.29, 1.82) is 0 Å². The maximum atomic E-state index is 12.4. The fourth-order valence-corrected chi connectivity index (χ4v) is 3.09. The molecule has 0 saturated heterocycles. The number of hydrogen-bond acceptors (Lipinski definition) is 7. The van der Waals surface area contributed by atoms with Crippen molar-refractivity contribution in [2.24, 2.45) is 0 Å². The van der Waals surface area contributed by atoms with Crippen molar-refractivity contribution in [3.05, 3.63) is 59.4 Å². The van der Waals surface area contributed by atoms with Crippen LogP contribution in [0.4, 0.5) is 11.6 Å². The lowest BCUT2D eigenvalue weighted by Crippen LogP contribution is -2.30. The van der Waals surface area contributed by atoms with Crippen molar-refractivity contribution >= 4 is 35.1 Å². The van der Waals surface area contributed by atoms with Crippen LogP contribution in [0.15, 0.2) is 48.5 Å². The summed E-state index contributed by atoms with van der Waals surface area (Å²) in [4.78, 5) is 26.1. The second-order valence-electron chi connectivity index (χ2n) is 7.26. The molecule has 1 fully saturated rings. The summed E-state index contributed by atoms with van der Waals surface area (Å²) in [7, 11) is 1.66. The molecule has 0 spiro atoms. The average Bonchev–Trinajstić information content (AvgIpc) is 3.54. The minimum atomic E-state index is -0.565. The first kappa shape index (κ1) is 20.8. The molecule has 0 aliphatic heterocycles. The van der Waals surface area contributed by atoms with Gasteiger partial charge in [-0.05, 0) is 37.1 Å². The van der Waals surface area contributed by atoms with Crippen LogP contribution in [-0.2, 0) is 14.3 Å². The lowest BCUT2D eigenvalue weighted by Gasteiger charge is -2.16. The molecular weight excluding hydrogens is 420 g/mol. The molecule has 1 aromatic carbocycles. The van der Waals surface area contributed by atoms with E-state index in [-0.39, 0.29) is 11.7 Å². The van der Waals surface area contributed by atoms with E-state index in [2.05, 4.69) is 20.6 Å². The van der Waals surface area contributed by atoms with Gasteiger partial charge in [0.25, 0.3) is 5.91 Å². The number of amides is 1. The van der Waals surface area contributed by atoms with Crippen LogP contribution >= 0.6 is 11.6 Å². The van der Waals surface area contributed by atoms with Crippen molar-refractivity contribution in [3.63, 3.8) is 0 Å². The zero-order valence-electron chi connectivity index (χ0n) is 16.9. The first-order chi connectivity index (χ1) is 15.0. The van der Waals surface area contributed by atoms with Crippen molar-refractivity contribution in [2.45, 2.75) is 18.8 Å². The molecule has 1 N–H and O–H groups in total. The van der Waals surface area contributed by atoms with E-state index in [0.29, 0.717) is 17.6 Å². The molecule has 1 saturated carbocycles. The number of ether oxygens (including phenoxy) is 1. The summed E-state index contributed by atoms with van der Waals surface area (Å²) in [5.41, 5.74) is 1.79. The van der Waals surface area contributed by atoms with Gasteiger partial charge in [-0.15, -0.1) is 10.2 Å². The van der Waals surface area contributed by atoms with Crippen molar-refractivity contribution in [1.82, 2.24) is 20.0 Å². The van der Waals surface area contributed by atoms with Crippen molar-refractivity contribution < 1.29 is 14.3 Å². The van der Waals surface area contributed by atoms with Gasteiger partial charge >= 0.3 is 5.97 Å². The number of likely N-dealkylation sites (N-methyl/N-ethyl adjacent to an activating group) is 1. The molecule has 0 bridgehead atoms. The Kier molecular flexibility index (Phi) is 6.13. The van der Waals surface area contributed by atoms with E-state index in [9.17, 15) is 9.59 Å². The topological polar surface area (TPSA) is 102 Å². The third kappa shape index (κ3) is 5.37. The molecule has 0 atom stereocenters. The molecule has 0 unspecified atom stereocenters. The number of hydrogen-bond donors (Lipinski definition) is 1. The molecule has 31 heavy (non-hydrogen) atoms. The van der Waals surface area contributed by atoms with E-state index >= 15 is 0 Å². The molecule has 1 amide bonds. The normalized spacial score (nSPS) is 13.0. The first-order valence-corrected chi connectivity index (χ1v) is 10.2. The van der Waals surface area contributed by atoms with Gasteiger partial charge in [-0.2, -0.15) is 5.10 Å². The predicted octanol–water partition coefficient (Wildman–Crippen LogP) is 2.81. The van der Waals surface area contributed by atoms with Crippen LogP contribution in [0.5, 0.6) is 0 Å². The smallest absolute Gasteiger partial charge is 0.326 e. The second kappa shape index (κ2) is 9.13. The molecule has 3 aromatic rings. The molecule has 1 aliphatic rings. The Labute approximate surface area is 184 Å². The predicted molar refractivity (Wildman–Crippen MR) is 115 cm³/mol. The minimum absolute atomic E-state index is 0.0859. The Balaban J connectivity index is 1.34. The highest BCUT2D eigenvalue weighted by atomic mass is 35.5. The van der Waals surface area contributed by atoms with Gasteiger partial charge in [-0.3, -0.25) is 9.59 Å². The largest absolute Gasteiger partial charge is 0.454 e. The van der Waals surface area contributed by atoms with E-state index in [1.807, 2.05) is 36.4 Å². The summed E-state index contributed by atoms with van der Waals surface area (Å²) in [5, 5.41) is 15.3. The monoisotopic (exact) mass is 440 g/mol. The van der Waals surface area contributed by atoms with Crippen molar-refractivity contribution in [3.8, 4) is 5.69 Å². The summed E-state index contributed by atoms with van der Waals surface area (Å²) < 4.78 is 6.80. The van der Waals surface area contributed by atoms with Gasteiger partial charge in [0.1, 0.15) is 12.4 Å². The number of rotatable bonds is 8. The fourth-order valence-electron chi connectivity index (χ4n) is 2.99. The molecule has 160 valence electrons. The number of carbonyl (C=O) groups excluding carboxylic acids is 2. The maximum Gasteiger partial charge on any atom is 0.326 e. The van der Waals surface area contributed by atoms with Crippen molar-refractivity contribution in [2.75, 3.05) is 30.4 Å². The molecule has 9 nitrogen and oxygen atoms in total. The lowest BCUT2D eigenvalue weighted by atomic mass is 10.3. The fraction of sp³-hybridized carbons (Fsp3) is 0.286. The van der Waals surface area contributed by atoms with Gasteiger partial charge in [0.05, 0.1) is 11.4 Å². The molecule has 10 heteroatoms. The molecule has 2 aromatic heterocycles. The number of nitrogens with one attached hydrogen (secondary N) is 1. The maximum absolute atomic E-state index is 12.4. The lowest BCUT2D eigenvalue weighted by molar-refractivity contribution is -0.145. The Morgan fingerprint density at radius 2 is 1.97 bits per heavy atom. The molecule has 0 radical (unpaired) electrons.